The third-order valence-electron chi connectivity index (χ3n) is 2.77. The summed E-state index contributed by atoms with van der Waals surface area (Å²) in [6, 6.07) is 0. The summed E-state index contributed by atoms with van der Waals surface area (Å²) in [7, 11) is 0. The number of ketones is 1. The molecule has 1 nitrogen and oxygen atoms in total. The molecule has 4 unspecified atom stereocenters. The molecule has 0 amide bonds. The minimum Gasteiger partial charge on any atom is -0.299 e. The van der Waals surface area contributed by atoms with Crippen LogP contribution in [0.25, 0.3) is 0 Å². The zero-order valence-corrected chi connectivity index (χ0v) is 7.88. The fraction of sp³-hybridized carbons (Fsp3) is 0.889. The highest BCUT2D eigenvalue weighted by atomic mass is 19.2. The van der Waals surface area contributed by atoms with E-state index in [0.717, 1.165) is 13.8 Å². The quantitative estimate of drug-likeness (QED) is 0.609. The summed E-state index contributed by atoms with van der Waals surface area (Å²) < 4.78 is 52.5. The number of carbonyl (C=O) groups excluding carboxylic acids is 1. The summed E-state index contributed by atoms with van der Waals surface area (Å²) in [4.78, 5) is 10.8. The Morgan fingerprint density at radius 3 is 1.57 bits per heavy atom. The molecule has 1 saturated carbocycles. The second-order valence-corrected chi connectivity index (χ2v) is 3.77. The van der Waals surface area contributed by atoms with E-state index in [-0.39, 0.29) is 0 Å². The first kappa shape index (κ1) is 11.5. The zero-order chi connectivity index (χ0) is 11.0. The van der Waals surface area contributed by atoms with Gasteiger partial charge in [0.1, 0.15) is 30.5 Å². The van der Waals surface area contributed by atoms with Crippen molar-refractivity contribution in [3.8, 4) is 0 Å². The summed E-state index contributed by atoms with van der Waals surface area (Å²) in [5.74, 6) is -3.98. The third-order valence-corrected chi connectivity index (χ3v) is 2.77. The van der Waals surface area contributed by atoms with Crippen molar-refractivity contribution in [3.63, 3.8) is 0 Å². The Kier molecular flexibility index (Phi) is 3.17. The van der Waals surface area contributed by atoms with Gasteiger partial charge in [-0.1, -0.05) is 6.92 Å². The van der Waals surface area contributed by atoms with E-state index < -0.39 is 42.3 Å². The number of carbonyl (C=O) groups is 1. The van der Waals surface area contributed by atoms with E-state index in [1.165, 1.54) is 0 Å². The van der Waals surface area contributed by atoms with Crippen molar-refractivity contribution >= 4 is 5.78 Å². The Morgan fingerprint density at radius 1 is 0.929 bits per heavy atom. The van der Waals surface area contributed by atoms with Crippen LogP contribution in [0, 0.1) is 11.8 Å². The molecule has 0 aromatic carbocycles. The number of Topliss-reactive ketones (excluding diaryl/α,β-unsaturated/α-hetero) is 1. The summed E-state index contributed by atoms with van der Waals surface area (Å²) in [5.41, 5.74) is 0. The molecule has 0 heterocycles. The molecule has 1 aliphatic rings. The van der Waals surface area contributed by atoms with Crippen LogP contribution in [-0.2, 0) is 4.79 Å². The molecule has 1 rings (SSSR count). The van der Waals surface area contributed by atoms with Gasteiger partial charge in [0.05, 0.1) is 5.92 Å². The van der Waals surface area contributed by atoms with Crippen molar-refractivity contribution in [2.24, 2.45) is 11.8 Å². The number of alkyl halides is 4. The van der Waals surface area contributed by atoms with E-state index in [4.69, 9.17) is 0 Å². The van der Waals surface area contributed by atoms with Crippen LogP contribution in [-0.4, -0.2) is 30.5 Å². The monoisotopic (exact) mass is 212 g/mol. The van der Waals surface area contributed by atoms with E-state index in [0.29, 0.717) is 0 Å². The predicted octanol–water partition coefficient (Wildman–Crippen LogP) is 2.19. The molecule has 5 heteroatoms. The molecular weight excluding hydrogens is 200 g/mol. The van der Waals surface area contributed by atoms with Gasteiger partial charge in [-0.2, -0.15) is 0 Å². The maximum Gasteiger partial charge on any atom is 0.144 e. The SMILES string of the molecule is CC(=O)C1C(F)C(F)C(C)C(F)C1F. The van der Waals surface area contributed by atoms with E-state index >= 15 is 0 Å². The molecule has 0 bridgehead atoms. The Bertz CT molecular complexity index is 217. The van der Waals surface area contributed by atoms with Gasteiger partial charge in [-0.3, -0.25) is 4.79 Å². The largest absolute Gasteiger partial charge is 0.299 e. The Labute approximate surface area is 79.5 Å². The van der Waals surface area contributed by atoms with E-state index in [9.17, 15) is 22.4 Å². The lowest BCUT2D eigenvalue weighted by Crippen LogP contribution is -2.53. The van der Waals surface area contributed by atoms with Gasteiger partial charge in [0.15, 0.2) is 0 Å². The van der Waals surface area contributed by atoms with E-state index in [1.807, 2.05) is 0 Å². The lowest BCUT2D eigenvalue weighted by molar-refractivity contribution is -0.136. The Morgan fingerprint density at radius 2 is 1.29 bits per heavy atom. The lowest BCUT2D eigenvalue weighted by atomic mass is 9.76. The normalized spacial score (nSPS) is 49.0. The molecule has 0 radical (unpaired) electrons. The van der Waals surface area contributed by atoms with Crippen LogP contribution in [0.5, 0.6) is 0 Å². The first-order valence-electron chi connectivity index (χ1n) is 4.44. The molecular formula is C9H12F4O. The van der Waals surface area contributed by atoms with Crippen molar-refractivity contribution in [1.29, 1.82) is 0 Å². The molecule has 0 saturated heterocycles. The predicted molar refractivity (Wildman–Crippen MR) is 42.9 cm³/mol. The van der Waals surface area contributed by atoms with Gasteiger partial charge >= 0.3 is 0 Å². The summed E-state index contributed by atoms with van der Waals surface area (Å²) in [6.07, 6.45) is -8.68. The van der Waals surface area contributed by atoms with Crippen molar-refractivity contribution < 1.29 is 22.4 Å². The maximum absolute atomic E-state index is 13.2. The van der Waals surface area contributed by atoms with Crippen molar-refractivity contribution in [1.82, 2.24) is 0 Å². The molecule has 82 valence electrons. The number of hydrogen-bond donors (Lipinski definition) is 0. The highest BCUT2D eigenvalue weighted by molar-refractivity contribution is 5.80. The molecule has 1 fully saturated rings. The fourth-order valence-electron chi connectivity index (χ4n) is 1.78. The summed E-state index contributed by atoms with van der Waals surface area (Å²) in [5, 5.41) is 0. The van der Waals surface area contributed by atoms with Crippen LogP contribution in [0.4, 0.5) is 17.6 Å². The molecule has 14 heavy (non-hydrogen) atoms. The molecule has 0 aromatic heterocycles. The number of rotatable bonds is 1. The fourth-order valence-corrected chi connectivity index (χ4v) is 1.78. The van der Waals surface area contributed by atoms with Gasteiger partial charge in [-0.25, -0.2) is 17.6 Å². The highest BCUT2D eigenvalue weighted by Crippen LogP contribution is 2.37. The highest BCUT2D eigenvalue weighted by Gasteiger charge is 2.52. The minimum atomic E-state index is -2.23. The number of halogens is 4. The average Bonchev–Trinajstić information content (AvgIpc) is 2.11. The molecule has 0 aliphatic heterocycles. The summed E-state index contributed by atoms with van der Waals surface area (Å²) in [6.45, 7) is 2.05. The van der Waals surface area contributed by atoms with Crippen LogP contribution in [0.1, 0.15) is 13.8 Å². The Hall–Kier alpha value is -0.610. The average molecular weight is 212 g/mol. The van der Waals surface area contributed by atoms with Crippen LogP contribution in [0.2, 0.25) is 0 Å². The molecule has 4 atom stereocenters. The van der Waals surface area contributed by atoms with E-state index in [1.54, 1.807) is 0 Å². The van der Waals surface area contributed by atoms with Gasteiger partial charge < -0.3 is 0 Å². The molecule has 0 aromatic rings. The van der Waals surface area contributed by atoms with Gasteiger partial charge in [0.25, 0.3) is 0 Å². The topological polar surface area (TPSA) is 17.1 Å². The zero-order valence-electron chi connectivity index (χ0n) is 7.88. The van der Waals surface area contributed by atoms with Crippen LogP contribution in [0.3, 0.4) is 0 Å². The van der Waals surface area contributed by atoms with Gasteiger partial charge in [-0.05, 0) is 6.92 Å². The van der Waals surface area contributed by atoms with Crippen LogP contribution < -0.4 is 0 Å². The molecule has 0 spiro atoms. The van der Waals surface area contributed by atoms with Gasteiger partial charge in [-0.15, -0.1) is 0 Å². The number of hydrogen-bond acceptors (Lipinski definition) is 1. The molecule has 1 aliphatic carbocycles. The van der Waals surface area contributed by atoms with Gasteiger partial charge in [0, 0.05) is 5.92 Å². The third kappa shape index (κ3) is 1.64. The van der Waals surface area contributed by atoms with Crippen molar-refractivity contribution in [3.05, 3.63) is 0 Å². The molecule has 0 N–H and O–H groups in total. The van der Waals surface area contributed by atoms with Gasteiger partial charge in [0.2, 0.25) is 0 Å². The van der Waals surface area contributed by atoms with Crippen molar-refractivity contribution in [2.45, 2.75) is 38.5 Å². The lowest BCUT2D eigenvalue weighted by Gasteiger charge is -2.36. The maximum atomic E-state index is 13.2. The first-order valence-corrected chi connectivity index (χ1v) is 4.44. The van der Waals surface area contributed by atoms with E-state index in [2.05, 4.69) is 0 Å². The first-order chi connectivity index (χ1) is 6.37. The standard InChI is InChI=1S/C9H12F4O/c1-3-6(10)8(12)5(4(2)14)9(13)7(3)11/h3,5-9H,1-2H3. The van der Waals surface area contributed by atoms with Crippen LogP contribution in [0.15, 0.2) is 0 Å². The minimum absolute atomic E-state index is 0.845. The summed E-state index contributed by atoms with van der Waals surface area (Å²) >= 11 is 0. The Balaban J connectivity index is 2.92. The van der Waals surface area contributed by atoms with Crippen LogP contribution >= 0.6 is 0 Å². The smallest absolute Gasteiger partial charge is 0.144 e. The second-order valence-electron chi connectivity index (χ2n) is 3.77. The van der Waals surface area contributed by atoms with Crippen molar-refractivity contribution in [2.75, 3.05) is 0 Å². The second kappa shape index (κ2) is 3.87.